The molecule has 3 heterocycles. The van der Waals surface area contributed by atoms with Crippen LogP contribution < -0.4 is 21.3 Å². The van der Waals surface area contributed by atoms with Crippen molar-refractivity contribution in [3.05, 3.63) is 51.9 Å². The highest BCUT2D eigenvalue weighted by Crippen LogP contribution is 2.24. The first kappa shape index (κ1) is 24.0. The maximum atomic E-state index is 13.5. The van der Waals surface area contributed by atoms with E-state index in [2.05, 4.69) is 32.3 Å². The van der Waals surface area contributed by atoms with E-state index in [1.807, 2.05) is 13.0 Å². The molecule has 0 aliphatic carbocycles. The second kappa shape index (κ2) is 10.8. The molecule has 1 saturated heterocycles. The Bertz CT molecular complexity index is 1190. The van der Waals surface area contributed by atoms with Gasteiger partial charge < -0.3 is 25.5 Å². The van der Waals surface area contributed by atoms with Crippen LogP contribution in [-0.4, -0.2) is 57.4 Å². The van der Waals surface area contributed by atoms with Crippen molar-refractivity contribution in [2.75, 3.05) is 37.9 Å². The molecule has 9 heteroatoms. The minimum absolute atomic E-state index is 0.0682. The second-order valence-electron chi connectivity index (χ2n) is 8.88. The van der Waals surface area contributed by atoms with Crippen molar-refractivity contribution >= 4 is 22.7 Å². The van der Waals surface area contributed by atoms with E-state index in [0.29, 0.717) is 23.3 Å². The summed E-state index contributed by atoms with van der Waals surface area (Å²) >= 11 is 0. The number of methoxy groups -OCH3 is 1. The first-order chi connectivity index (χ1) is 16.5. The largest absolute Gasteiger partial charge is 0.496 e. The molecule has 0 bridgehead atoms. The van der Waals surface area contributed by atoms with Crippen LogP contribution in [0.2, 0.25) is 0 Å². The Balaban J connectivity index is 1.65. The van der Waals surface area contributed by atoms with Crippen LogP contribution in [0.3, 0.4) is 0 Å². The number of nitrogen functional groups attached to an aromatic ring is 1. The van der Waals surface area contributed by atoms with Crippen LogP contribution in [0.25, 0.3) is 10.9 Å². The Labute approximate surface area is 199 Å². The van der Waals surface area contributed by atoms with Crippen molar-refractivity contribution in [2.45, 2.75) is 51.7 Å². The summed E-state index contributed by atoms with van der Waals surface area (Å²) in [5, 5.41) is 13.3. The van der Waals surface area contributed by atoms with E-state index in [9.17, 15) is 9.90 Å². The van der Waals surface area contributed by atoms with Gasteiger partial charge in [-0.15, -0.1) is 0 Å². The molecule has 34 heavy (non-hydrogen) atoms. The average molecular weight is 467 g/mol. The molecule has 1 atom stereocenters. The molecule has 4 N–H and O–H groups in total. The van der Waals surface area contributed by atoms with Gasteiger partial charge in [-0.25, -0.2) is 4.98 Å². The van der Waals surface area contributed by atoms with Gasteiger partial charge >= 0.3 is 0 Å². The molecule has 0 amide bonds. The Kier molecular flexibility index (Phi) is 7.64. The zero-order chi connectivity index (χ0) is 24.1. The summed E-state index contributed by atoms with van der Waals surface area (Å²) in [6, 6.07) is 7.74. The summed E-state index contributed by atoms with van der Waals surface area (Å²) in [5.74, 6) is 1.19. The number of nitrogens with zero attached hydrogens (tertiary/aromatic N) is 4. The molecule has 182 valence electrons. The van der Waals surface area contributed by atoms with Crippen LogP contribution >= 0.6 is 0 Å². The number of hydrogen-bond donors (Lipinski definition) is 3. The maximum Gasteiger partial charge on any atom is 0.264 e. The number of benzene rings is 1. The van der Waals surface area contributed by atoms with Crippen molar-refractivity contribution in [1.82, 2.24) is 19.4 Å². The van der Waals surface area contributed by atoms with Gasteiger partial charge in [-0.05, 0) is 50.0 Å². The van der Waals surface area contributed by atoms with Crippen LogP contribution in [0.1, 0.15) is 43.7 Å². The Hall–Kier alpha value is -3.17. The molecule has 1 aliphatic heterocycles. The van der Waals surface area contributed by atoms with Gasteiger partial charge in [0.2, 0.25) is 5.95 Å². The lowest BCUT2D eigenvalue weighted by atomic mass is 10.1. The van der Waals surface area contributed by atoms with Gasteiger partial charge in [0, 0.05) is 18.3 Å². The fourth-order valence-electron chi connectivity index (χ4n) is 4.58. The molecule has 3 aromatic rings. The summed E-state index contributed by atoms with van der Waals surface area (Å²) in [4.78, 5) is 24.4. The predicted octanol–water partition coefficient (Wildman–Crippen LogP) is 2.60. The molecular formula is C25H34N6O3. The van der Waals surface area contributed by atoms with Crippen LogP contribution in [0.5, 0.6) is 5.75 Å². The Morgan fingerprint density at radius 1 is 1.21 bits per heavy atom. The summed E-state index contributed by atoms with van der Waals surface area (Å²) in [7, 11) is 1.66. The Morgan fingerprint density at radius 2 is 2.00 bits per heavy atom. The lowest BCUT2D eigenvalue weighted by molar-refractivity contribution is 0.268. The zero-order valence-electron chi connectivity index (χ0n) is 20.0. The highest BCUT2D eigenvalue weighted by Gasteiger charge is 2.17. The highest BCUT2D eigenvalue weighted by molar-refractivity contribution is 5.89. The number of nitrogens with two attached hydrogens (primary N) is 1. The van der Waals surface area contributed by atoms with E-state index in [4.69, 9.17) is 10.5 Å². The fraction of sp³-hybridized carbons (Fsp3) is 0.480. The van der Waals surface area contributed by atoms with Gasteiger partial charge in [0.05, 0.1) is 31.8 Å². The average Bonchev–Trinajstić information content (AvgIpc) is 3.34. The number of pyridine rings is 1. The van der Waals surface area contributed by atoms with Crippen molar-refractivity contribution < 1.29 is 9.84 Å². The van der Waals surface area contributed by atoms with Crippen LogP contribution in [0.15, 0.2) is 35.3 Å². The van der Waals surface area contributed by atoms with E-state index in [0.717, 1.165) is 43.8 Å². The second-order valence-corrected chi connectivity index (χ2v) is 8.88. The first-order valence-electron chi connectivity index (χ1n) is 11.9. The summed E-state index contributed by atoms with van der Waals surface area (Å²) in [6.45, 7) is 5.49. The number of likely N-dealkylation sites (tertiary alicyclic amines) is 1. The van der Waals surface area contributed by atoms with Crippen LogP contribution in [0, 0.1) is 0 Å². The minimum atomic E-state index is -0.226. The molecule has 0 saturated carbocycles. The number of aliphatic hydroxyl groups excluding tert-OH is 1. The fourth-order valence-corrected chi connectivity index (χ4v) is 4.58. The quantitative estimate of drug-likeness (QED) is 0.417. The van der Waals surface area contributed by atoms with Crippen molar-refractivity contribution in [1.29, 1.82) is 0 Å². The third kappa shape index (κ3) is 5.31. The van der Waals surface area contributed by atoms with Gasteiger partial charge in [0.25, 0.3) is 5.56 Å². The molecule has 4 rings (SSSR count). The number of aromatic nitrogens is 3. The molecule has 9 nitrogen and oxygen atoms in total. The smallest absolute Gasteiger partial charge is 0.264 e. The molecule has 2 aromatic heterocycles. The molecule has 1 aliphatic rings. The van der Waals surface area contributed by atoms with Crippen LogP contribution in [0.4, 0.5) is 11.8 Å². The monoisotopic (exact) mass is 466 g/mol. The van der Waals surface area contributed by atoms with Crippen molar-refractivity contribution in [2.24, 2.45) is 0 Å². The SMILES string of the molecule is CCC[C@H](CO)Nc1nc(N)nc2ccn(Cc3ccc(CN4CCCC4)cc3OC)c(=O)c12. The van der Waals surface area contributed by atoms with E-state index in [-0.39, 0.29) is 24.2 Å². The zero-order valence-corrected chi connectivity index (χ0v) is 20.0. The van der Waals surface area contributed by atoms with Gasteiger partial charge in [0.15, 0.2) is 0 Å². The summed E-state index contributed by atoms with van der Waals surface area (Å²) in [5.41, 5.74) is 8.25. The third-order valence-electron chi connectivity index (χ3n) is 6.34. The lowest BCUT2D eigenvalue weighted by Gasteiger charge is -2.18. The van der Waals surface area contributed by atoms with E-state index in [1.54, 1.807) is 23.9 Å². The predicted molar refractivity (Wildman–Crippen MR) is 134 cm³/mol. The topological polar surface area (TPSA) is 119 Å². The van der Waals surface area contributed by atoms with E-state index < -0.39 is 0 Å². The van der Waals surface area contributed by atoms with Gasteiger partial charge in [-0.3, -0.25) is 9.69 Å². The number of hydrogen-bond acceptors (Lipinski definition) is 8. The minimum Gasteiger partial charge on any atom is -0.496 e. The van der Waals surface area contributed by atoms with Gasteiger partial charge in [-0.2, -0.15) is 4.98 Å². The van der Waals surface area contributed by atoms with Crippen LogP contribution in [-0.2, 0) is 13.1 Å². The lowest BCUT2D eigenvalue weighted by Crippen LogP contribution is -2.27. The number of nitrogens with one attached hydrogen (secondary N) is 1. The number of anilines is 2. The van der Waals surface area contributed by atoms with E-state index >= 15 is 0 Å². The third-order valence-corrected chi connectivity index (χ3v) is 6.34. The highest BCUT2D eigenvalue weighted by atomic mass is 16.5. The van der Waals surface area contributed by atoms with Gasteiger partial charge in [-0.1, -0.05) is 25.5 Å². The number of rotatable bonds is 10. The molecule has 0 radical (unpaired) electrons. The summed E-state index contributed by atoms with van der Waals surface area (Å²) in [6.07, 6.45) is 5.85. The number of fused-ring (bicyclic) bond motifs is 1. The van der Waals surface area contributed by atoms with Crippen molar-refractivity contribution in [3.8, 4) is 5.75 Å². The molecule has 1 aromatic carbocycles. The number of ether oxygens (including phenoxy) is 1. The molecule has 1 fully saturated rings. The standard InChI is InChI=1S/C25H34N6O3/c1-3-6-19(16-32)27-23-22-20(28-25(26)29-23)9-12-31(24(22)33)15-18-8-7-17(13-21(18)34-2)14-30-10-4-5-11-30/h7-9,12-13,19,32H,3-6,10-11,14-16H2,1-2H3,(H3,26,27,28,29)/t19-/m1/s1. The van der Waals surface area contributed by atoms with E-state index in [1.165, 1.54) is 18.4 Å². The maximum absolute atomic E-state index is 13.5. The van der Waals surface area contributed by atoms with Gasteiger partial charge in [0.1, 0.15) is 17.0 Å². The molecule has 0 unspecified atom stereocenters. The number of aliphatic hydroxyl groups is 1. The normalized spacial score (nSPS) is 15.0. The Morgan fingerprint density at radius 3 is 2.71 bits per heavy atom. The van der Waals surface area contributed by atoms with Crippen molar-refractivity contribution in [3.63, 3.8) is 0 Å². The summed E-state index contributed by atoms with van der Waals surface area (Å²) < 4.78 is 7.29. The first-order valence-corrected chi connectivity index (χ1v) is 11.9. The molecular weight excluding hydrogens is 432 g/mol. The molecule has 0 spiro atoms.